The van der Waals surface area contributed by atoms with Gasteiger partial charge < -0.3 is 15.2 Å². The number of aryl methyl sites for hydroxylation is 4. The van der Waals surface area contributed by atoms with Gasteiger partial charge in [0.1, 0.15) is 11.3 Å². The molecule has 0 amide bonds. The van der Waals surface area contributed by atoms with Gasteiger partial charge in [-0.1, -0.05) is 25.1 Å². The van der Waals surface area contributed by atoms with Crippen molar-refractivity contribution >= 4 is 33.6 Å². The van der Waals surface area contributed by atoms with Gasteiger partial charge in [-0.05, 0) is 79.6 Å². The molecule has 1 unspecified atom stereocenters. The number of anilines is 1. The lowest BCUT2D eigenvalue weighted by Crippen LogP contribution is -2.15. The van der Waals surface area contributed by atoms with Crippen molar-refractivity contribution in [1.29, 1.82) is 0 Å². The van der Waals surface area contributed by atoms with E-state index in [0.717, 1.165) is 51.5 Å². The van der Waals surface area contributed by atoms with Crippen molar-refractivity contribution in [3.05, 3.63) is 70.9 Å². The second kappa shape index (κ2) is 10.1. The fourth-order valence-corrected chi connectivity index (χ4v) is 4.19. The summed E-state index contributed by atoms with van der Waals surface area (Å²) >= 11 is 0. The summed E-state index contributed by atoms with van der Waals surface area (Å²) in [4.78, 5) is 20.7. The molecule has 2 N–H and O–H groups in total. The summed E-state index contributed by atoms with van der Waals surface area (Å²) in [7, 11) is 1.41. The number of nitrogen functional groups attached to an aromatic ring is 1. The van der Waals surface area contributed by atoms with Crippen molar-refractivity contribution in [3.8, 4) is 5.75 Å². The molecule has 0 saturated carbocycles. The number of benzene rings is 2. The molecule has 2 aromatic heterocycles. The Morgan fingerprint density at radius 3 is 2.65 bits per heavy atom. The molecule has 0 spiro atoms. The number of methoxy groups -OCH3 is 1. The zero-order chi connectivity index (χ0) is 24.2. The van der Waals surface area contributed by atoms with Crippen molar-refractivity contribution in [2.24, 2.45) is 5.92 Å². The van der Waals surface area contributed by atoms with Gasteiger partial charge in [0.2, 0.25) is 0 Å². The number of carbonyl (C=O) groups is 1. The van der Waals surface area contributed by atoms with Crippen LogP contribution >= 0.6 is 0 Å². The van der Waals surface area contributed by atoms with Crippen molar-refractivity contribution in [1.82, 2.24) is 9.97 Å². The lowest BCUT2D eigenvalue weighted by molar-refractivity contribution is -0.145. The van der Waals surface area contributed by atoms with Gasteiger partial charge in [-0.3, -0.25) is 9.78 Å². The van der Waals surface area contributed by atoms with E-state index in [-0.39, 0.29) is 11.9 Å². The third kappa shape index (κ3) is 5.11. The zero-order valence-electron chi connectivity index (χ0n) is 20.2. The highest BCUT2D eigenvalue weighted by atomic mass is 16.5. The molecule has 0 bridgehead atoms. The maximum Gasteiger partial charge on any atom is 0.308 e. The Bertz CT molecular complexity index is 1350. The second-order valence-electron chi connectivity index (χ2n) is 8.91. The predicted octanol–water partition coefficient (Wildman–Crippen LogP) is 5.35. The van der Waals surface area contributed by atoms with Crippen LogP contribution in [-0.2, 0) is 22.4 Å². The first-order valence-corrected chi connectivity index (χ1v) is 11.6. The third-order valence-electron chi connectivity index (χ3n) is 6.29. The number of hydrogen-bond donors (Lipinski definition) is 1. The minimum Gasteiger partial charge on any atom is -0.494 e. The summed E-state index contributed by atoms with van der Waals surface area (Å²) in [6.07, 6.45) is 4.29. The van der Waals surface area contributed by atoms with Crippen LogP contribution in [0.2, 0.25) is 0 Å². The van der Waals surface area contributed by atoms with Crippen molar-refractivity contribution in [2.75, 3.05) is 19.5 Å². The number of ether oxygens (including phenoxy) is 2. The monoisotopic (exact) mass is 457 g/mol. The first-order chi connectivity index (χ1) is 16.4. The number of esters is 1. The number of aromatic nitrogens is 2. The highest BCUT2D eigenvalue weighted by molar-refractivity contribution is 6.08. The van der Waals surface area contributed by atoms with E-state index in [1.54, 1.807) is 0 Å². The van der Waals surface area contributed by atoms with Crippen LogP contribution in [0.15, 0.2) is 48.7 Å². The van der Waals surface area contributed by atoms with E-state index in [4.69, 9.17) is 15.2 Å². The molecule has 2 heterocycles. The van der Waals surface area contributed by atoms with E-state index < -0.39 is 0 Å². The molecule has 6 nitrogen and oxygen atoms in total. The Balaban J connectivity index is 1.45. The van der Waals surface area contributed by atoms with Crippen molar-refractivity contribution in [2.45, 2.75) is 40.0 Å². The Morgan fingerprint density at radius 1 is 1.06 bits per heavy atom. The lowest BCUT2D eigenvalue weighted by atomic mass is 9.99. The topological polar surface area (TPSA) is 87.3 Å². The smallest absolute Gasteiger partial charge is 0.308 e. The summed E-state index contributed by atoms with van der Waals surface area (Å²) in [5, 5.41) is 2.12. The molecule has 0 aliphatic carbocycles. The molecule has 176 valence electrons. The molecule has 0 aliphatic heterocycles. The number of carbonyl (C=O) groups excluding carboxylic acids is 1. The highest BCUT2D eigenvalue weighted by Crippen LogP contribution is 2.28. The average molecular weight is 458 g/mol. The SMILES string of the molecule is COC(=O)C(C)CCOc1ccc(CCc2cnc3c(N)nc4cc(C)ccc4c3c2)c(C)c1. The number of nitrogens with zero attached hydrogens (tertiary/aromatic N) is 2. The Morgan fingerprint density at radius 2 is 1.88 bits per heavy atom. The van der Waals surface area contributed by atoms with Crippen molar-refractivity contribution < 1.29 is 14.3 Å². The van der Waals surface area contributed by atoms with Gasteiger partial charge in [-0.15, -0.1) is 0 Å². The number of pyridine rings is 2. The summed E-state index contributed by atoms with van der Waals surface area (Å²) in [6, 6.07) is 14.6. The first kappa shape index (κ1) is 23.5. The van der Waals surface area contributed by atoms with E-state index in [0.29, 0.717) is 18.8 Å². The van der Waals surface area contributed by atoms with E-state index >= 15 is 0 Å². The molecule has 4 aromatic rings. The van der Waals surface area contributed by atoms with Gasteiger partial charge in [0.25, 0.3) is 0 Å². The van der Waals surface area contributed by atoms with E-state index in [2.05, 4.69) is 60.2 Å². The van der Waals surface area contributed by atoms with E-state index in [1.807, 2.05) is 19.2 Å². The summed E-state index contributed by atoms with van der Waals surface area (Å²) in [6.45, 7) is 6.47. The van der Waals surface area contributed by atoms with Crippen LogP contribution in [-0.4, -0.2) is 29.7 Å². The summed E-state index contributed by atoms with van der Waals surface area (Å²) in [5.74, 6) is 0.899. The van der Waals surface area contributed by atoms with E-state index in [9.17, 15) is 4.79 Å². The largest absolute Gasteiger partial charge is 0.494 e. The lowest BCUT2D eigenvalue weighted by Gasteiger charge is -2.13. The minimum atomic E-state index is -0.208. The minimum absolute atomic E-state index is 0.173. The van der Waals surface area contributed by atoms with Gasteiger partial charge in [0.15, 0.2) is 5.82 Å². The maximum absolute atomic E-state index is 11.5. The second-order valence-corrected chi connectivity index (χ2v) is 8.91. The van der Waals surface area contributed by atoms with Crippen LogP contribution in [0.1, 0.15) is 35.6 Å². The Labute approximate surface area is 200 Å². The molecular weight excluding hydrogens is 426 g/mol. The first-order valence-electron chi connectivity index (χ1n) is 11.6. The number of fused-ring (bicyclic) bond motifs is 3. The van der Waals surface area contributed by atoms with Crippen LogP contribution in [0.5, 0.6) is 5.75 Å². The zero-order valence-corrected chi connectivity index (χ0v) is 20.2. The van der Waals surface area contributed by atoms with Gasteiger partial charge in [0.05, 0.1) is 25.2 Å². The maximum atomic E-state index is 11.5. The number of rotatable bonds is 8. The van der Waals surface area contributed by atoms with E-state index in [1.165, 1.54) is 18.2 Å². The van der Waals surface area contributed by atoms with Crippen LogP contribution in [0.25, 0.3) is 21.8 Å². The normalized spacial score (nSPS) is 12.1. The number of hydrogen-bond acceptors (Lipinski definition) is 6. The van der Waals surface area contributed by atoms with Crippen LogP contribution in [0, 0.1) is 19.8 Å². The Kier molecular flexibility index (Phi) is 6.96. The van der Waals surface area contributed by atoms with Crippen LogP contribution in [0.3, 0.4) is 0 Å². The predicted molar refractivity (Wildman–Crippen MR) is 136 cm³/mol. The average Bonchev–Trinajstić information content (AvgIpc) is 2.82. The van der Waals surface area contributed by atoms with Crippen LogP contribution < -0.4 is 10.5 Å². The summed E-state index contributed by atoms with van der Waals surface area (Å²) in [5.41, 5.74) is 12.6. The molecule has 0 fully saturated rings. The van der Waals surface area contributed by atoms with Gasteiger partial charge >= 0.3 is 5.97 Å². The third-order valence-corrected chi connectivity index (χ3v) is 6.29. The molecule has 0 radical (unpaired) electrons. The molecule has 0 aliphatic rings. The summed E-state index contributed by atoms with van der Waals surface area (Å²) < 4.78 is 10.6. The molecule has 2 aromatic carbocycles. The molecule has 1 atom stereocenters. The fraction of sp³-hybridized carbons (Fsp3) is 0.321. The van der Waals surface area contributed by atoms with Crippen LogP contribution in [0.4, 0.5) is 5.82 Å². The number of nitrogens with two attached hydrogens (primary N) is 1. The molecular formula is C28H31N3O3. The van der Waals surface area contributed by atoms with Gasteiger partial charge in [0, 0.05) is 17.0 Å². The molecule has 34 heavy (non-hydrogen) atoms. The molecule has 4 rings (SSSR count). The quantitative estimate of drug-likeness (QED) is 0.284. The van der Waals surface area contributed by atoms with Crippen molar-refractivity contribution in [3.63, 3.8) is 0 Å². The fourth-order valence-electron chi connectivity index (χ4n) is 4.19. The van der Waals surface area contributed by atoms with Gasteiger partial charge in [-0.2, -0.15) is 0 Å². The highest BCUT2D eigenvalue weighted by Gasteiger charge is 2.13. The molecule has 6 heteroatoms. The molecule has 0 saturated heterocycles. The van der Waals surface area contributed by atoms with Gasteiger partial charge in [-0.25, -0.2) is 4.98 Å². The standard InChI is InChI=1S/C28H31N3O3/c1-17-5-10-23-24-15-20(16-30-26(24)27(29)31-25(23)13-17)6-7-21-8-9-22(14-19(21)3)34-12-11-18(2)28(32)33-4/h5,8-10,13-16,18H,6-7,11-12H2,1-4H3,(H2,29,31). The Hall–Kier alpha value is -3.67.